The van der Waals surface area contributed by atoms with E-state index in [4.69, 9.17) is 29.2 Å². The average molecular weight is 370 g/mol. The third-order valence-corrected chi connectivity index (χ3v) is 3.10. The van der Waals surface area contributed by atoms with Gasteiger partial charge in [0, 0.05) is 12.1 Å². The summed E-state index contributed by atoms with van der Waals surface area (Å²) in [5.41, 5.74) is 7.79. The first-order valence-electron chi connectivity index (χ1n) is 7.41. The van der Waals surface area contributed by atoms with Gasteiger partial charge in [-0.3, -0.25) is 31.6 Å². The zero-order valence-electron chi connectivity index (χ0n) is 14.2. The molecule has 0 saturated heterocycles. The van der Waals surface area contributed by atoms with E-state index in [2.05, 4.69) is 10.9 Å². The second-order valence-corrected chi connectivity index (χ2v) is 5.94. The summed E-state index contributed by atoms with van der Waals surface area (Å²) < 4.78 is 31.6. The van der Waals surface area contributed by atoms with Gasteiger partial charge in [0.15, 0.2) is 0 Å². The van der Waals surface area contributed by atoms with Gasteiger partial charge in [0.25, 0.3) is 0 Å². The van der Waals surface area contributed by atoms with Crippen LogP contribution in [0.15, 0.2) is 60.7 Å². The minimum Gasteiger partial charge on any atom is -0.271 e. The van der Waals surface area contributed by atoms with Crippen molar-refractivity contribution in [1.29, 1.82) is 0 Å². The Morgan fingerprint density at radius 1 is 0.760 bits per heavy atom. The van der Waals surface area contributed by atoms with Crippen molar-refractivity contribution in [3.63, 3.8) is 0 Å². The van der Waals surface area contributed by atoms with E-state index < -0.39 is 10.4 Å². The lowest BCUT2D eigenvalue weighted by Crippen LogP contribution is -2.25. The minimum atomic E-state index is -4.67. The highest BCUT2D eigenvalue weighted by Crippen LogP contribution is 2.09. The van der Waals surface area contributed by atoms with E-state index in [-0.39, 0.29) is 12.1 Å². The van der Waals surface area contributed by atoms with Gasteiger partial charge >= 0.3 is 10.4 Å². The van der Waals surface area contributed by atoms with Crippen molar-refractivity contribution < 1.29 is 17.5 Å². The van der Waals surface area contributed by atoms with Crippen LogP contribution >= 0.6 is 0 Å². The zero-order valence-corrected chi connectivity index (χ0v) is 15.0. The first kappa shape index (κ1) is 23.1. The maximum absolute atomic E-state index is 8.74. The van der Waals surface area contributed by atoms with Crippen LogP contribution in [0.3, 0.4) is 0 Å². The quantitative estimate of drug-likeness (QED) is 0.271. The van der Waals surface area contributed by atoms with Crippen molar-refractivity contribution >= 4 is 10.4 Å². The van der Waals surface area contributed by atoms with E-state index >= 15 is 0 Å². The third kappa shape index (κ3) is 13.2. The van der Waals surface area contributed by atoms with E-state index in [1.54, 1.807) is 0 Å². The van der Waals surface area contributed by atoms with Gasteiger partial charge in [0.05, 0.1) is 0 Å². The van der Waals surface area contributed by atoms with Gasteiger partial charge in [-0.25, -0.2) is 0 Å². The fourth-order valence-electron chi connectivity index (χ4n) is 1.68. The number of hydrazine groups is 2. The lowest BCUT2D eigenvalue weighted by Gasteiger charge is -2.08. The zero-order chi connectivity index (χ0) is 19.3. The van der Waals surface area contributed by atoms with Crippen LogP contribution in [0.4, 0.5) is 0 Å². The Balaban J connectivity index is 0.000000368. The molecule has 25 heavy (non-hydrogen) atoms. The lowest BCUT2D eigenvalue weighted by atomic mass is 10.1. The molecule has 0 aliphatic heterocycles. The van der Waals surface area contributed by atoms with Gasteiger partial charge < -0.3 is 0 Å². The fraction of sp³-hybridized carbons (Fsp3) is 0.250. The second-order valence-electron chi connectivity index (χ2n) is 5.05. The topological polar surface area (TPSA) is 151 Å². The summed E-state index contributed by atoms with van der Waals surface area (Å²) >= 11 is 0. The SMILES string of the molecule is CC(NN)c1ccccc1.CC(NN)c1ccccc1.O=S(=O)(O)O. The van der Waals surface area contributed by atoms with Crippen molar-refractivity contribution in [3.05, 3.63) is 71.8 Å². The van der Waals surface area contributed by atoms with Gasteiger partial charge in [0.1, 0.15) is 0 Å². The van der Waals surface area contributed by atoms with Crippen LogP contribution in [0, 0.1) is 0 Å². The Bertz CT molecular complexity index is 616. The van der Waals surface area contributed by atoms with Gasteiger partial charge in [-0.2, -0.15) is 8.42 Å². The van der Waals surface area contributed by atoms with E-state index in [9.17, 15) is 0 Å². The van der Waals surface area contributed by atoms with Crippen LogP contribution in [-0.2, 0) is 10.4 Å². The maximum Gasteiger partial charge on any atom is 0.394 e. The van der Waals surface area contributed by atoms with Gasteiger partial charge in [0.2, 0.25) is 0 Å². The standard InChI is InChI=1S/2C8H12N2.H2O4S/c2*1-7(10-9)8-5-3-2-4-6-8;1-5(2,3)4/h2*2-7,10H,9H2,1H3;(H2,1,2,3,4). The molecule has 2 aromatic carbocycles. The Labute approximate surface area is 148 Å². The molecule has 0 aliphatic carbocycles. The molecular weight excluding hydrogens is 344 g/mol. The molecule has 0 amide bonds. The van der Waals surface area contributed by atoms with Crippen LogP contribution in [0.1, 0.15) is 37.1 Å². The molecule has 0 radical (unpaired) electrons. The molecule has 2 unspecified atom stereocenters. The average Bonchev–Trinajstić information content (AvgIpc) is 2.61. The molecule has 2 aromatic rings. The summed E-state index contributed by atoms with van der Waals surface area (Å²) in [7, 11) is -4.67. The first-order valence-corrected chi connectivity index (χ1v) is 8.80. The highest BCUT2D eigenvalue weighted by atomic mass is 32.3. The van der Waals surface area contributed by atoms with Gasteiger partial charge in [-0.05, 0) is 25.0 Å². The van der Waals surface area contributed by atoms with E-state index in [0.29, 0.717) is 0 Å². The maximum atomic E-state index is 8.74. The number of hydrogen-bond donors (Lipinski definition) is 6. The Hall–Kier alpha value is -1.85. The van der Waals surface area contributed by atoms with Gasteiger partial charge in [-0.1, -0.05) is 60.7 Å². The van der Waals surface area contributed by atoms with Crippen molar-refractivity contribution in [2.45, 2.75) is 25.9 Å². The molecule has 0 saturated carbocycles. The van der Waals surface area contributed by atoms with Crippen molar-refractivity contribution in [2.75, 3.05) is 0 Å². The fourth-order valence-corrected chi connectivity index (χ4v) is 1.68. The summed E-state index contributed by atoms with van der Waals surface area (Å²) in [6.45, 7) is 4.05. The Kier molecular flexibility index (Phi) is 11.6. The summed E-state index contributed by atoms with van der Waals surface area (Å²) in [4.78, 5) is 0. The number of benzene rings is 2. The summed E-state index contributed by atoms with van der Waals surface area (Å²) in [5, 5.41) is 0. The molecule has 8 nitrogen and oxygen atoms in total. The van der Waals surface area contributed by atoms with Crippen molar-refractivity contribution in [2.24, 2.45) is 11.7 Å². The minimum absolute atomic E-state index is 0.237. The molecular formula is C16H26N4O4S. The number of hydrogen-bond acceptors (Lipinski definition) is 6. The molecule has 0 aliphatic rings. The predicted octanol–water partition coefficient (Wildman–Crippen LogP) is 1.77. The summed E-state index contributed by atoms with van der Waals surface area (Å²) in [6.07, 6.45) is 0. The number of nitrogens with one attached hydrogen (secondary N) is 2. The van der Waals surface area contributed by atoms with E-state index in [1.165, 1.54) is 11.1 Å². The molecule has 0 bridgehead atoms. The monoisotopic (exact) mass is 370 g/mol. The smallest absolute Gasteiger partial charge is 0.271 e. The number of rotatable bonds is 4. The van der Waals surface area contributed by atoms with Crippen LogP contribution in [0.25, 0.3) is 0 Å². The molecule has 0 heterocycles. The Morgan fingerprint density at radius 2 is 1.00 bits per heavy atom. The van der Waals surface area contributed by atoms with Gasteiger partial charge in [-0.15, -0.1) is 0 Å². The third-order valence-electron chi connectivity index (χ3n) is 3.10. The van der Waals surface area contributed by atoms with Crippen LogP contribution in [0.5, 0.6) is 0 Å². The Morgan fingerprint density at radius 3 is 1.20 bits per heavy atom. The molecule has 0 fully saturated rings. The molecule has 2 rings (SSSR count). The van der Waals surface area contributed by atoms with Crippen LogP contribution in [-0.4, -0.2) is 17.5 Å². The first-order chi connectivity index (χ1) is 11.7. The highest BCUT2D eigenvalue weighted by Gasteiger charge is 1.99. The molecule has 2 atom stereocenters. The second kappa shape index (κ2) is 12.5. The van der Waals surface area contributed by atoms with Crippen LogP contribution in [0.2, 0.25) is 0 Å². The van der Waals surface area contributed by atoms with Crippen LogP contribution < -0.4 is 22.5 Å². The highest BCUT2D eigenvalue weighted by molar-refractivity contribution is 7.79. The normalized spacial score (nSPS) is 12.7. The predicted molar refractivity (Wildman–Crippen MR) is 98.5 cm³/mol. The van der Waals surface area contributed by atoms with Crippen molar-refractivity contribution in [3.8, 4) is 0 Å². The molecule has 0 aromatic heterocycles. The molecule has 140 valence electrons. The lowest BCUT2D eigenvalue weighted by molar-refractivity contribution is 0.381. The van der Waals surface area contributed by atoms with E-state index in [1.807, 2.05) is 74.5 Å². The van der Waals surface area contributed by atoms with E-state index in [0.717, 1.165) is 0 Å². The summed E-state index contributed by atoms with van der Waals surface area (Å²) in [6, 6.07) is 20.7. The summed E-state index contributed by atoms with van der Waals surface area (Å²) in [5.74, 6) is 10.5. The van der Waals surface area contributed by atoms with Crippen molar-refractivity contribution in [1.82, 2.24) is 10.9 Å². The molecule has 0 spiro atoms. The largest absolute Gasteiger partial charge is 0.394 e. The molecule has 8 N–H and O–H groups in total. The molecule has 9 heteroatoms. The number of nitrogens with two attached hydrogens (primary N) is 2.